The highest BCUT2D eigenvalue weighted by atomic mass is 16.5. The van der Waals surface area contributed by atoms with Gasteiger partial charge in [0.1, 0.15) is 5.76 Å². The Kier molecular flexibility index (Phi) is 3.61. The maximum absolute atomic E-state index is 12.2. The number of aliphatic carboxylic acids is 1. The zero-order valence-electron chi connectivity index (χ0n) is 9.96. The molecule has 1 saturated heterocycles. The Balaban J connectivity index is 2.11. The Morgan fingerprint density at radius 2 is 2.39 bits per heavy atom. The molecule has 1 N–H and O–H groups in total. The van der Waals surface area contributed by atoms with E-state index in [0.717, 1.165) is 0 Å². The van der Waals surface area contributed by atoms with Gasteiger partial charge in [-0.15, -0.1) is 0 Å². The highest BCUT2D eigenvalue weighted by molar-refractivity contribution is 5.93. The standard InChI is InChI=1S/C11H14N2O5/c1-2-7-9(12-6-18-7)10(14)13-3-4-17-8(5-13)11(15)16/h6,8H,2-5H2,1H3,(H,15,16). The number of carboxylic acid groups (broad SMARTS) is 1. The summed E-state index contributed by atoms with van der Waals surface area (Å²) in [7, 11) is 0. The highest BCUT2D eigenvalue weighted by Crippen LogP contribution is 2.14. The molecule has 0 bridgehead atoms. The van der Waals surface area contributed by atoms with Crippen molar-refractivity contribution >= 4 is 11.9 Å². The molecule has 98 valence electrons. The van der Waals surface area contributed by atoms with Gasteiger partial charge in [-0.1, -0.05) is 6.92 Å². The summed E-state index contributed by atoms with van der Waals surface area (Å²) in [5, 5.41) is 8.87. The van der Waals surface area contributed by atoms with Crippen molar-refractivity contribution in [1.82, 2.24) is 9.88 Å². The lowest BCUT2D eigenvalue weighted by molar-refractivity contribution is -0.154. The van der Waals surface area contributed by atoms with Gasteiger partial charge in [-0.3, -0.25) is 4.79 Å². The lowest BCUT2D eigenvalue weighted by Crippen LogP contribution is -2.48. The topological polar surface area (TPSA) is 92.9 Å². The number of hydrogen-bond donors (Lipinski definition) is 1. The average Bonchev–Trinajstić information content (AvgIpc) is 2.86. The van der Waals surface area contributed by atoms with Crippen LogP contribution >= 0.6 is 0 Å². The highest BCUT2D eigenvalue weighted by Gasteiger charge is 2.31. The van der Waals surface area contributed by atoms with Crippen molar-refractivity contribution in [3.05, 3.63) is 17.8 Å². The van der Waals surface area contributed by atoms with Crippen molar-refractivity contribution in [2.45, 2.75) is 19.4 Å². The van der Waals surface area contributed by atoms with Crippen LogP contribution in [0.5, 0.6) is 0 Å². The number of ether oxygens (including phenoxy) is 1. The molecule has 2 rings (SSSR count). The van der Waals surface area contributed by atoms with Crippen LogP contribution in [0.3, 0.4) is 0 Å². The third-order valence-corrected chi connectivity index (χ3v) is 2.79. The molecule has 18 heavy (non-hydrogen) atoms. The van der Waals surface area contributed by atoms with Gasteiger partial charge in [-0.25, -0.2) is 9.78 Å². The molecule has 0 radical (unpaired) electrons. The summed E-state index contributed by atoms with van der Waals surface area (Å²) in [6.07, 6.45) is 0.814. The molecule has 1 fully saturated rings. The minimum absolute atomic E-state index is 0.0319. The Bertz CT molecular complexity index is 456. The summed E-state index contributed by atoms with van der Waals surface area (Å²) in [6.45, 7) is 2.46. The van der Waals surface area contributed by atoms with E-state index in [0.29, 0.717) is 18.7 Å². The normalized spacial score (nSPS) is 19.8. The van der Waals surface area contributed by atoms with Crippen LogP contribution in [0, 0.1) is 0 Å². The third-order valence-electron chi connectivity index (χ3n) is 2.79. The van der Waals surface area contributed by atoms with E-state index in [1.165, 1.54) is 11.3 Å². The van der Waals surface area contributed by atoms with Crippen molar-refractivity contribution in [1.29, 1.82) is 0 Å². The van der Waals surface area contributed by atoms with E-state index in [2.05, 4.69) is 4.98 Å². The van der Waals surface area contributed by atoms with Gasteiger partial charge in [0.25, 0.3) is 5.91 Å². The fraction of sp³-hybridized carbons (Fsp3) is 0.545. The summed E-state index contributed by atoms with van der Waals surface area (Å²) in [6, 6.07) is 0. The van der Waals surface area contributed by atoms with E-state index < -0.39 is 12.1 Å². The molecular formula is C11H14N2O5. The zero-order chi connectivity index (χ0) is 13.1. The molecule has 1 unspecified atom stereocenters. The van der Waals surface area contributed by atoms with Gasteiger partial charge >= 0.3 is 5.97 Å². The van der Waals surface area contributed by atoms with Crippen molar-refractivity contribution in [3.8, 4) is 0 Å². The minimum atomic E-state index is -1.07. The van der Waals surface area contributed by atoms with Crippen LogP contribution in [0.15, 0.2) is 10.8 Å². The molecule has 1 aromatic heterocycles. The lowest BCUT2D eigenvalue weighted by atomic mass is 10.2. The van der Waals surface area contributed by atoms with Crippen LogP contribution in [0.25, 0.3) is 0 Å². The SMILES string of the molecule is CCc1ocnc1C(=O)N1CCOC(C(=O)O)C1. The van der Waals surface area contributed by atoms with Crippen LogP contribution in [0.2, 0.25) is 0 Å². The number of amides is 1. The Morgan fingerprint density at radius 3 is 3.06 bits per heavy atom. The number of aryl methyl sites for hydroxylation is 1. The number of carboxylic acids is 1. The molecule has 1 amide bonds. The Hall–Kier alpha value is -1.89. The van der Waals surface area contributed by atoms with Crippen molar-refractivity contribution in [3.63, 3.8) is 0 Å². The predicted octanol–water partition coefficient (Wildman–Crippen LogP) is 0.163. The first-order chi connectivity index (χ1) is 8.63. The quantitative estimate of drug-likeness (QED) is 0.826. The van der Waals surface area contributed by atoms with Gasteiger partial charge in [0.05, 0.1) is 13.2 Å². The van der Waals surface area contributed by atoms with Crippen LogP contribution in [0.1, 0.15) is 23.2 Å². The monoisotopic (exact) mass is 254 g/mol. The summed E-state index contributed by atoms with van der Waals surface area (Å²) >= 11 is 0. The maximum Gasteiger partial charge on any atom is 0.334 e. The van der Waals surface area contributed by atoms with Gasteiger partial charge in [0, 0.05) is 13.0 Å². The Labute approximate surface area is 103 Å². The van der Waals surface area contributed by atoms with Crippen LogP contribution < -0.4 is 0 Å². The lowest BCUT2D eigenvalue weighted by Gasteiger charge is -2.30. The number of oxazole rings is 1. The summed E-state index contributed by atoms with van der Waals surface area (Å²) in [5.41, 5.74) is 0.253. The van der Waals surface area contributed by atoms with Crippen molar-refractivity contribution in [2.75, 3.05) is 19.7 Å². The average molecular weight is 254 g/mol. The maximum atomic E-state index is 12.2. The first-order valence-corrected chi connectivity index (χ1v) is 5.69. The number of morpholine rings is 1. The van der Waals surface area contributed by atoms with E-state index in [9.17, 15) is 9.59 Å². The molecule has 2 heterocycles. The van der Waals surface area contributed by atoms with E-state index in [-0.39, 0.29) is 24.8 Å². The second kappa shape index (κ2) is 5.18. The van der Waals surface area contributed by atoms with Crippen LogP contribution in [-0.2, 0) is 16.0 Å². The Morgan fingerprint density at radius 1 is 1.61 bits per heavy atom. The molecule has 7 nitrogen and oxygen atoms in total. The van der Waals surface area contributed by atoms with Crippen molar-refractivity contribution < 1.29 is 23.8 Å². The molecule has 0 aliphatic carbocycles. The second-order valence-electron chi connectivity index (χ2n) is 3.93. The number of nitrogens with zero attached hydrogens (tertiary/aromatic N) is 2. The van der Waals surface area contributed by atoms with E-state index in [1.807, 2.05) is 6.92 Å². The number of hydrogen-bond acceptors (Lipinski definition) is 5. The van der Waals surface area contributed by atoms with Gasteiger partial charge in [0.15, 0.2) is 18.2 Å². The molecule has 1 aliphatic rings. The van der Waals surface area contributed by atoms with E-state index >= 15 is 0 Å². The molecule has 0 saturated carbocycles. The molecule has 1 aliphatic heterocycles. The molecular weight excluding hydrogens is 240 g/mol. The van der Waals surface area contributed by atoms with Crippen molar-refractivity contribution in [2.24, 2.45) is 0 Å². The number of rotatable bonds is 3. The summed E-state index contributed by atoms with van der Waals surface area (Å²) < 4.78 is 10.2. The second-order valence-corrected chi connectivity index (χ2v) is 3.93. The number of aromatic nitrogens is 1. The molecule has 0 aromatic carbocycles. The minimum Gasteiger partial charge on any atom is -0.479 e. The first kappa shape index (κ1) is 12.6. The number of carbonyl (C=O) groups is 2. The molecule has 7 heteroatoms. The molecule has 1 aromatic rings. The zero-order valence-corrected chi connectivity index (χ0v) is 9.96. The van der Waals surface area contributed by atoms with Gasteiger partial charge < -0.3 is 19.2 Å². The fourth-order valence-corrected chi connectivity index (χ4v) is 1.83. The van der Waals surface area contributed by atoms with Gasteiger partial charge in [0.2, 0.25) is 0 Å². The van der Waals surface area contributed by atoms with Gasteiger partial charge in [-0.2, -0.15) is 0 Å². The summed E-state index contributed by atoms with van der Waals surface area (Å²) in [5.74, 6) is -0.864. The smallest absolute Gasteiger partial charge is 0.334 e. The van der Waals surface area contributed by atoms with Crippen LogP contribution in [-0.4, -0.2) is 52.7 Å². The molecule has 0 spiro atoms. The van der Waals surface area contributed by atoms with E-state index in [1.54, 1.807) is 0 Å². The summed E-state index contributed by atoms with van der Waals surface area (Å²) in [4.78, 5) is 28.3. The number of carbonyl (C=O) groups excluding carboxylic acids is 1. The largest absolute Gasteiger partial charge is 0.479 e. The third kappa shape index (κ3) is 2.35. The van der Waals surface area contributed by atoms with E-state index in [4.69, 9.17) is 14.3 Å². The first-order valence-electron chi connectivity index (χ1n) is 5.69. The van der Waals surface area contributed by atoms with Crippen LogP contribution in [0.4, 0.5) is 0 Å². The molecule has 1 atom stereocenters. The fourth-order valence-electron chi connectivity index (χ4n) is 1.83. The predicted molar refractivity (Wildman–Crippen MR) is 59.2 cm³/mol. The van der Waals surface area contributed by atoms with Gasteiger partial charge in [-0.05, 0) is 0 Å².